The first-order chi connectivity index (χ1) is 12.3. The second-order valence-electron chi connectivity index (χ2n) is 7.83. The molecule has 0 spiro atoms. The first-order valence-electron chi connectivity index (χ1n) is 9.54. The summed E-state index contributed by atoms with van der Waals surface area (Å²) in [5.41, 5.74) is 2.57. The predicted molar refractivity (Wildman–Crippen MR) is 114 cm³/mol. The molecule has 1 fully saturated rings. The highest BCUT2D eigenvalue weighted by Gasteiger charge is 2.23. The van der Waals surface area contributed by atoms with E-state index in [1.807, 2.05) is 20.8 Å². The monoisotopic (exact) mass is 378 g/mol. The van der Waals surface area contributed by atoms with Crippen LogP contribution in [-0.2, 0) is 10.8 Å². The van der Waals surface area contributed by atoms with Gasteiger partial charge in [-0.15, -0.1) is 0 Å². The van der Waals surface area contributed by atoms with E-state index in [9.17, 15) is 4.21 Å². The van der Waals surface area contributed by atoms with Crippen molar-refractivity contribution in [1.82, 2.24) is 10.6 Å². The summed E-state index contributed by atoms with van der Waals surface area (Å²) in [4.78, 5) is 7.03. The summed E-state index contributed by atoms with van der Waals surface area (Å²) in [6.45, 7) is 13.6. The van der Waals surface area contributed by atoms with E-state index in [0.717, 1.165) is 32.0 Å². The van der Waals surface area contributed by atoms with Gasteiger partial charge >= 0.3 is 0 Å². The molecule has 6 heteroatoms. The lowest BCUT2D eigenvalue weighted by Gasteiger charge is -2.21. The molecule has 2 atom stereocenters. The average molecular weight is 379 g/mol. The third-order valence-electron chi connectivity index (χ3n) is 4.50. The lowest BCUT2D eigenvalue weighted by Crippen LogP contribution is -2.44. The van der Waals surface area contributed by atoms with E-state index in [-0.39, 0.29) is 4.75 Å². The summed E-state index contributed by atoms with van der Waals surface area (Å²) >= 11 is 0. The molecule has 0 amide bonds. The van der Waals surface area contributed by atoms with Crippen molar-refractivity contribution < 1.29 is 4.21 Å². The summed E-state index contributed by atoms with van der Waals surface area (Å²) in [5.74, 6) is 1.43. The minimum atomic E-state index is -0.865. The Kier molecular flexibility index (Phi) is 7.50. The Balaban J connectivity index is 1.88. The van der Waals surface area contributed by atoms with Crippen LogP contribution in [0.1, 0.15) is 39.7 Å². The van der Waals surface area contributed by atoms with Gasteiger partial charge in [0.2, 0.25) is 0 Å². The number of nitrogens with zero attached hydrogens (tertiary/aromatic N) is 2. The van der Waals surface area contributed by atoms with E-state index in [2.05, 4.69) is 58.6 Å². The number of nitrogens with one attached hydrogen (secondary N) is 2. The van der Waals surface area contributed by atoms with Crippen LogP contribution in [0, 0.1) is 6.92 Å². The molecule has 0 aromatic heterocycles. The maximum Gasteiger partial charge on any atom is 0.191 e. The molecule has 1 aliphatic heterocycles. The molecule has 2 rings (SSSR count). The van der Waals surface area contributed by atoms with Crippen molar-refractivity contribution in [2.75, 3.05) is 36.8 Å². The van der Waals surface area contributed by atoms with E-state index in [1.165, 1.54) is 11.3 Å². The van der Waals surface area contributed by atoms with Gasteiger partial charge in [-0.3, -0.25) is 9.20 Å². The van der Waals surface area contributed by atoms with Crippen molar-refractivity contribution in [3.05, 3.63) is 29.8 Å². The molecule has 1 aliphatic rings. The van der Waals surface area contributed by atoms with Crippen molar-refractivity contribution in [2.45, 2.75) is 51.8 Å². The Morgan fingerprint density at radius 3 is 2.62 bits per heavy atom. The van der Waals surface area contributed by atoms with Gasteiger partial charge in [-0.1, -0.05) is 17.7 Å². The Hall–Kier alpha value is -1.56. The maximum absolute atomic E-state index is 12.2. The Labute approximate surface area is 161 Å². The average Bonchev–Trinajstić information content (AvgIpc) is 3.03. The minimum Gasteiger partial charge on any atom is -0.369 e. The van der Waals surface area contributed by atoms with Crippen molar-refractivity contribution >= 4 is 22.4 Å². The minimum absolute atomic E-state index is 0.179. The van der Waals surface area contributed by atoms with Crippen molar-refractivity contribution in [2.24, 2.45) is 4.99 Å². The molecule has 5 nitrogen and oxygen atoms in total. The molecular weight excluding hydrogens is 344 g/mol. The number of benzene rings is 1. The third kappa shape index (κ3) is 6.31. The smallest absolute Gasteiger partial charge is 0.191 e. The first kappa shape index (κ1) is 20.7. The van der Waals surface area contributed by atoms with Gasteiger partial charge < -0.3 is 15.5 Å². The van der Waals surface area contributed by atoms with Crippen molar-refractivity contribution in [3.8, 4) is 0 Å². The van der Waals surface area contributed by atoms with Gasteiger partial charge in [0, 0.05) is 52.7 Å². The summed E-state index contributed by atoms with van der Waals surface area (Å²) in [5, 5.41) is 6.84. The van der Waals surface area contributed by atoms with Crippen LogP contribution in [0.4, 0.5) is 5.69 Å². The van der Waals surface area contributed by atoms with Crippen LogP contribution in [-0.4, -0.2) is 52.9 Å². The molecule has 2 N–H and O–H groups in total. The second kappa shape index (κ2) is 9.40. The van der Waals surface area contributed by atoms with Crippen LogP contribution >= 0.6 is 0 Å². The molecule has 146 valence electrons. The zero-order valence-electron chi connectivity index (χ0n) is 16.8. The van der Waals surface area contributed by atoms with Crippen LogP contribution in [0.15, 0.2) is 29.3 Å². The highest BCUT2D eigenvalue weighted by atomic mass is 32.2. The molecule has 2 unspecified atom stereocenters. The van der Waals surface area contributed by atoms with Gasteiger partial charge in [0.15, 0.2) is 5.96 Å². The standard InChI is InChI=1S/C20H34N4OS/c1-6-21-19(22-12-14-26(25)20(3,4)5)23-17-11-13-24(15-17)18-9-7-16(2)8-10-18/h7-10,17H,6,11-15H2,1-5H3,(H2,21,22,23). The topological polar surface area (TPSA) is 56.7 Å². The van der Waals surface area contributed by atoms with Crippen LogP contribution in [0.5, 0.6) is 0 Å². The molecule has 1 aromatic rings. The summed E-state index contributed by atoms with van der Waals surface area (Å²) in [6, 6.07) is 9.09. The number of hydrogen-bond donors (Lipinski definition) is 2. The number of aliphatic imine (C=N–C) groups is 1. The first-order valence-corrected chi connectivity index (χ1v) is 10.9. The Morgan fingerprint density at radius 1 is 1.31 bits per heavy atom. The van der Waals surface area contributed by atoms with Crippen molar-refractivity contribution in [3.63, 3.8) is 0 Å². The van der Waals surface area contributed by atoms with Gasteiger partial charge in [0.05, 0.1) is 6.54 Å². The quantitative estimate of drug-likeness (QED) is 0.590. The summed E-state index contributed by atoms with van der Waals surface area (Å²) in [6.07, 6.45) is 1.09. The van der Waals surface area contributed by atoms with Crippen LogP contribution in [0.25, 0.3) is 0 Å². The van der Waals surface area contributed by atoms with E-state index < -0.39 is 10.8 Å². The maximum atomic E-state index is 12.2. The van der Waals surface area contributed by atoms with Gasteiger partial charge in [-0.2, -0.15) is 0 Å². The molecule has 0 saturated carbocycles. The molecule has 0 bridgehead atoms. The normalized spacial score (nSPS) is 19.5. The lowest BCUT2D eigenvalue weighted by molar-refractivity contribution is 0.644. The van der Waals surface area contributed by atoms with Gasteiger partial charge in [-0.05, 0) is 53.2 Å². The molecular formula is C20H34N4OS. The SMILES string of the molecule is CCNC(=NCCS(=O)C(C)(C)C)NC1CCN(c2ccc(C)cc2)C1. The fraction of sp³-hybridized carbons (Fsp3) is 0.650. The van der Waals surface area contributed by atoms with E-state index in [0.29, 0.717) is 18.3 Å². The van der Waals surface area contributed by atoms with Gasteiger partial charge in [-0.25, -0.2) is 0 Å². The fourth-order valence-electron chi connectivity index (χ4n) is 2.93. The molecule has 1 saturated heterocycles. The third-order valence-corrected chi connectivity index (χ3v) is 6.42. The predicted octanol–water partition coefficient (Wildman–Crippen LogP) is 2.68. The zero-order valence-corrected chi connectivity index (χ0v) is 17.7. The highest BCUT2D eigenvalue weighted by molar-refractivity contribution is 7.86. The number of aryl methyl sites for hydroxylation is 1. The van der Waals surface area contributed by atoms with Crippen LogP contribution < -0.4 is 15.5 Å². The van der Waals surface area contributed by atoms with Crippen LogP contribution in [0.2, 0.25) is 0 Å². The summed E-state index contributed by atoms with van der Waals surface area (Å²) in [7, 11) is -0.865. The molecule has 0 aliphatic carbocycles. The van der Waals surface area contributed by atoms with Gasteiger partial charge in [0.25, 0.3) is 0 Å². The van der Waals surface area contributed by atoms with E-state index in [4.69, 9.17) is 0 Å². The number of hydrogen-bond acceptors (Lipinski definition) is 3. The Morgan fingerprint density at radius 2 is 2.00 bits per heavy atom. The molecule has 1 heterocycles. The zero-order chi connectivity index (χ0) is 19.2. The highest BCUT2D eigenvalue weighted by Crippen LogP contribution is 2.20. The van der Waals surface area contributed by atoms with Gasteiger partial charge in [0.1, 0.15) is 0 Å². The molecule has 0 radical (unpaired) electrons. The Bertz CT molecular complexity index is 622. The van der Waals surface area contributed by atoms with E-state index >= 15 is 0 Å². The lowest BCUT2D eigenvalue weighted by atomic mass is 10.2. The number of anilines is 1. The fourth-order valence-corrected chi connectivity index (χ4v) is 3.80. The second-order valence-corrected chi connectivity index (χ2v) is 10.2. The molecule has 26 heavy (non-hydrogen) atoms. The number of guanidine groups is 1. The van der Waals surface area contributed by atoms with Crippen molar-refractivity contribution in [1.29, 1.82) is 0 Å². The van der Waals surface area contributed by atoms with E-state index in [1.54, 1.807) is 0 Å². The number of rotatable bonds is 6. The molecule has 1 aromatic carbocycles. The largest absolute Gasteiger partial charge is 0.369 e. The summed E-state index contributed by atoms with van der Waals surface area (Å²) < 4.78 is 12.0. The van der Waals surface area contributed by atoms with Crippen LogP contribution in [0.3, 0.4) is 0 Å².